The maximum atomic E-state index is 12.3. The summed E-state index contributed by atoms with van der Waals surface area (Å²) < 4.78 is 60.3. The Labute approximate surface area is 69.7 Å². The molecule has 0 fully saturated rings. The lowest BCUT2D eigenvalue weighted by atomic mass is 10.1. The van der Waals surface area contributed by atoms with Gasteiger partial charge in [0.1, 0.15) is 0 Å². The van der Waals surface area contributed by atoms with Gasteiger partial charge in [-0.05, 0) is 0 Å². The summed E-state index contributed by atoms with van der Waals surface area (Å²) in [5.41, 5.74) is 0. The quantitative estimate of drug-likeness (QED) is 0.512. The van der Waals surface area contributed by atoms with Crippen LogP contribution in [0.2, 0.25) is 0 Å². The Bertz CT molecular complexity index is 220. The lowest BCUT2D eigenvalue weighted by Gasteiger charge is -2.16. The van der Waals surface area contributed by atoms with Crippen molar-refractivity contribution >= 4 is 12.1 Å². The summed E-state index contributed by atoms with van der Waals surface area (Å²) in [5, 5.41) is 0. The molecule has 0 bridgehead atoms. The van der Waals surface area contributed by atoms with E-state index in [-0.39, 0.29) is 6.92 Å². The fourth-order valence-electron chi connectivity index (χ4n) is 0.457. The van der Waals surface area contributed by atoms with Gasteiger partial charge in [-0.1, -0.05) is 0 Å². The first-order chi connectivity index (χ1) is 5.63. The van der Waals surface area contributed by atoms with Crippen molar-refractivity contribution in [2.75, 3.05) is 0 Å². The van der Waals surface area contributed by atoms with Crippen LogP contribution < -0.4 is 0 Å². The first-order valence-electron chi connectivity index (χ1n) is 3.03. The monoisotopic (exact) mass is 204 g/mol. The molecule has 0 aromatic heterocycles. The zero-order valence-electron chi connectivity index (χ0n) is 6.36. The van der Waals surface area contributed by atoms with Gasteiger partial charge in [0.05, 0.1) is 0 Å². The standard InChI is InChI=1S/C6H5F5O2/c1-5(8,9)4(13)3(7)6(10,11)2-12/h2-3H,1H3. The highest BCUT2D eigenvalue weighted by Crippen LogP contribution is 2.26. The smallest absolute Gasteiger partial charge is 0.297 e. The summed E-state index contributed by atoms with van der Waals surface area (Å²) in [7, 11) is 0. The molecule has 0 aromatic carbocycles. The third-order valence-corrected chi connectivity index (χ3v) is 1.16. The minimum atomic E-state index is -4.70. The SMILES string of the molecule is CC(F)(F)C(=O)C(F)C(F)(F)C=O. The largest absolute Gasteiger partial charge is 0.340 e. The number of rotatable bonds is 4. The molecule has 0 saturated carbocycles. The molecule has 1 unspecified atom stereocenters. The van der Waals surface area contributed by atoms with Gasteiger partial charge >= 0.3 is 11.8 Å². The Balaban J connectivity index is 4.72. The average molecular weight is 204 g/mol. The number of alkyl halides is 5. The Morgan fingerprint density at radius 1 is 1.31 bits per heavy atom. The highest BCUT2D eigenvalue weighted by atomic mass is 19.3. The summed E-state index contributed by atoms with van der Waals surface area (Å²) in [5.74, 6) is -11.5. The molecular weight excluding hydrogens is 199 g/mol. The first-order valence-corrected chi connectivity index (χ1v) is 3.03. The van der Waals surface area contributed by atoms with E-state index in [0.717, 1.165) is 0 Å². The Kier molecular flexibility index (Phi) is 3.13. The van der Waals surface area contributed by atoms with Gasteiger partial charge in [0.25, 0.3) is 0 Å². The minimum Gasteiger partial charge on any atom is -0.297 e. The van der Waals surface area contributed by atoms with Gasteiger partial charge in [-0.3, -0.25) is 9.59 Å². The average Bonchev–Trinajstić information content (AvgIpc) is 2.00. The maximum Gasteiger partial charge on any atom is 0.340 e. The molecule has 0 heterocycles. The second-order valence-electron chi connectivity index (χ2n) is 2.41. The van der Waals surface area contributed by atoms with Crippen LogP contribution in [0.25, 0.3) is 0 Å². The lowest BCUT2D eigenvalue weighted by Crippen LogP contribution is -2.44. The molecule has 0 rings (SSSR count). The van der Waals surface area contributed by atoms with Crippen molar-refractivity contribution in [3.8, 4) is 0 Å². The van der Waals surface area contributed by atoms with Gasteiger partial charge < -0.3 is 0 Å². The zero-order valence-corrected chi connectivity index (χ0v) is 6.36. The van der Waals surface area contributed by atoms with Crippen molar-refractivity contribution < 1.29 is 31.5 Å². The summed E-state index contributed by atoms with van der Waals surface area (Å²) >= 11 is 0. The second kappa shape index (κ2) is 3.39. The van der Waals surface area contributed by atoms with E-state index in [1.807, 2.05) is 0 Å². The first kappa shape index (κ1) is 12.0. The highest BCUT2D eigenvalue weighted by molar-refractivity contribution is 5.92. The summed E-state index contributed by atoms with van der Waals surface area (Å²) in [6.45, 7) is -0.0250. The van der Waals surface area contributed by atoms with Crippen molar-refractivity contribution in [2.24, 2.45) is 0 Å². The van der Waals surface area contributed by atoms with Crippen LogP contribution in [0.15, 0.2) is 0 Å². The van der Waals surface area contributed by atoms with Gasteiger partial charge in [-0.15, -0.1) is 0 Å². The van der Waals surface area contributed by atoms with E-state index < -0.39 is 30.1 Å². The normalized spacial score (nSPS) is 15.2. The van der Waals surface area contributed by atoms with Gasteiger partial charge in [0, 0.05) is 6.92 Å². The van der Waals surface area contributed by atoms with E-state index in [1.165, 1.54) is 0 Å². The van der Waals surface area contributed by atoms with E-state index in [0.29, 0.717) is 0 Å². The predicted molar refractivity (Wildman–Crippen MR) is 31.5 cm³/mol. The topological polar surface area (TPSA) is 34.1 Å². The van der Waals surface area contributed by atoms with Gasteiger partial charge in [-0.2, -0.15) is 17.6 Å². The number of Topliss-reactive ketones (excluding diaryl/α,β-unsaturated/α-hetero) is 1. The molecule has 0 aliphatic carbocycles. The molecule has 0 spiro atoms. The highest BCUT2D eigenvalue weighted by Gasteiger charge is 2.52. The second-order valence-corrected chi connectivity index (χ2v) is 2.41. The van der Waals surface area contributed by atoms with Crippen molar-refractivity contribution in [3.05, 3.63) is 0 Å². The van der Waals surface area contributed by atoms with E-state index in [2.05, 4.69) is 0 Å². The van der Waals surface area contributed by atoms with E-state index in [9.17, 15) is 31.5 Å². The molecule has 0 radical (unpaired) electrons. The third kappa shape index (κ3) is 2.74. The lowest BCUT2D eigenvalue weighted by molar-refractivity contribution is -0.164. The summed E-state index contributed by atoms with van der Waals surface area (Å²) in [4.78, 5) is 19.7. The number of carbonyl (C=O) groups is 2. The molecule has 13 heavy (non-hydrogen) atoms. The van der Waals surface area contributed by atoms with Crippen LogP contribution in [-0.2, 0) is 9.59 Å². The van der Waals surface area contributed by atoms with Crippen molar-refractivity contribution in [1.29, 1.82) is 0 Å². The fraction of sp³-hybridized carbons (Fsp3) is 0.667. The zero-order chi connectivity index (χ0) is 10.9. The number of hydrogen-bond acceptors (Lipinski definition) is 2. The predicted octanol–water partition coefficient (Wildman–Crippen LogP) is 1.38. The Morgan fingerprint density at radius 3 is 1.92 bits per heavy atom. The van der Waals surface area contributed by atoms with Crippen LogP contribution in [0.3, 0.4) is 0 Å². The molecule has 0 N–H and O–H groups in total. The van der Waals surface area contributed by atoms with E-state index >= 15 is 0 Å². The number of hydrogen-bond donors (Lipinski definition) is 0. The number of carbonyl (C=O) groups excluding carboxylic acids is 2. The molecule has 0 aromatic rings. The van der Waals surface area contributed by atoms with Crippen molar-refractivity contribution in [1.82, 2.24) is 0 Å². The van der Waals surface area contributed by atoms with Crippen LogP contribution in [0, 0.1) is 0 Å². The van der Waals surface area contributed by atoms with Crippen LogP contribution in [0.5, 0.6) is 0 Å². The molecule has 0 amide bonds. The minimum absolute atomic E-state index is 0.0250. The van der Waals surface area contributed by atoms with Crippen LogP contribution >= 0.6 is 0 Å². The Hall–Kier alpha value is -1.01. The van der Waals surface area contributed by atoms with Gasteiger partial charge in [-0.25, -0.2) is 4.39 Å². The molecule has 76 valence electrons. The Morgan fingerprint density at radius 2 is 1.69 bits per heavy atom. The van der Waals surface area contributed by atoms with Gasteiger partial charge in [0.15, 0.2) is 6.29 Å². The maximum absolute atomic E-state index is 12.3. The molecule has 0 aliphatic heterocycles. The molecule has 7 heteroatoms. The van der Waals surface area contributed by atoms with E-state index in [1.54, 1.807) is 0 Å². The van der Waals surface area contributed by atoms with Crippen LogP contribution in [0.4, 0.5) is 22.0 Å². The molecule has 0 saturated heterocycles. The van der Waals surface area contributed by atoms with Crippen LogP contribution in [-0.4, -0.2) is 30.1 Å². The van der Waals surface area contributed by atoms with Crippen molar-refractivity contribution in [2.45, 2.75) is 24.9 Å². The summed E-state index contributed by atoms with van der Waals surface area (Å²) in [6, 6.07) is 0. The molecular formula is C6H5F5O2. The molecule has 1 atom stereocenters. The number of aldehydes is 1. The fourth-order valence-corrected chi connectivity index (χ4v) is 0.457. The number of halogens is 5. The third-order valence-electron chi connectivity index (χ3n) is 1.16. The van der Waals surface area contributed by atoms with E-state index in [4.69, 9.17) is 0 Å². The van der Waals surface area contributed by atoms with Crippen molar-refractivity contribution in [3.63, 3.8) is 0 Å². The summed E-state index contributed by atoms with van der Waals surface area (Å²) in [6.07, 6.45) is -4.98. The van der Waals surface area contributed by atoms with Crippen LogP contribution in [0.1, 0.15) is 6.92 Å². The molecule has 2 nitrogen and oxygen atoms in total. The molecule has 0 aliphatic rings. The van der Waals surface area contributed by atoms with Gasteiger partial charge in [0.2, 0.25) is 12.0 Å². The number of ketones is 1.